The highest BCUT2D eigenvalue weighted by Gasteiger charge is 2.19. The summed E-state index contributed by atoms with van der Waals surface area (Å²) in [7, 11) is -3.47. The third-order valence-corrected chi connectivity index (χ3v) is 6.99. The summed E-state index contributed by atoms with van der Waals surface area (Å²) in [5, 5.41) is 1.76. The van der Waals surface area contributed by atoms with E-state index in [4.69, 9.17) is 0 Å². The summed E-state index contributed by atoms with van der Waals surface area (Å²) in [5.41, 5.74) is 1.75. The zero-order valence-electron chi connectivity index (χ0n) is 13.2. The van der Waals surface area contributed by atoms with Gasteiger partial charge in [-0.25, -0.2) is 8.42 Å². The largest absolute Gasteiger partial charge is 0.360 e. The first kappa shape index (κ1) is 16.3. The maximum absolute atomic E-state index is 12.2. The summed E-state index contributed by atoms with van der Waals surface area (Å²) in [4.78, 5) is 4.00. The Labute approximate surface area is 141 Å². The normalized spacial score (nSPS) is 16.5. The van der Waals surface area contributed by atoms with Crippen molar-refractivity contribution in [2.45, 2.75) is 11.1 Å². The van der Waals surface area contributed by atoms with E-state index in [-0.39, 0.29) is 0 Å². The Hall–Kier alpha value is -1.57. The summed E-state index contributed by atoms with van der Waals surface area (Å²) in [6.07, 6.45) is 0. The zero-order chi connectivity index (χ0) is 16.3. The fraction of sp³-hybridized carbons (Fsp3) is 0.375. The van der Waals surface area contributed by atoms with Crippen molar-refractivity contribution < 1.29 is 13.3 Å². The summed E-state index contributed by atoms with van der Waals surface area (Å²) < 4.78 is 27.4. The molecule has 0 unspecified atom stereocenters. The second kappa shape index (κ2) is 6.90. The molecule has 1 aromatic carbocycles. The van der Waals surface area contributed by atoms with E-state index in [1.54, 1.807) is 22.4 Å². The fourth-order valence-electron chi connectivity index (χ4n) is 2.80. The molecular formula is C16H22N3O2S2+. The molecule has 23 heavy (non-hydrogen) atoms. The van der Waals surface area contributed by atoms with Crippen molar-refractivity contribution in [2.75, 3.05) is 42.3 Å². The topological polar surface area (TPSA) is 53.9 Å². The van der Waals surface area contributed by atoms with Gasteiger partial charge in [-0.15, -0.1) is 11.3 Å². The van der Waals surface area contributed by atoms with E-state index in [0.29, 0.717) is 9.90 Å². The van der Waals surface area contributed by atoms with E-state index in [2.05, 4.69) is 16.5 Å². The molecule has 0 spiro atoms. The van der Waals surface area contributed by atoms with Crippen LogP contribution in [-0.4, -0.2) is 41.1 Å². The Morgan fingerprint density at radius 3 is 2.43 bits per heavy atom. The van der Waals surface area contributed by atoms with Gasteiger partial charge < -0.3 is 9.80 Å². The van der Waals surface area contributed by atoms with Crippen LogP contribution in [0.1, 0.15) is 6.92 Å². The molecular weight excluding hydrogens is 330 g/mol. The van der Waals surface area contributed by atoms with Gasteiger partial charge in [0.25, 0.3) is 10.0 Å². The lowest BCUT2D eigenvalue weighted by atomic mass is 10.2. The molecule has 124 valence electrons. The standard InChI is InChI=1S/C16H21N3O2S2/c1-2-18-9-11-19(12-10-18)15-7-5-14(6-8-15)17-23(20,21)16-4-3-13-22-16/h3-8,13,17H,2,9-12H2,1H3/p+1. The molecule has 5 nitrogen and oxygen atoms in total. The minimum atomic E-state index is -3.47. The Morgan fingerprint density at radius 2 is 1.87 bits per heavy atom. The third-order valence-electron chi connectivity index (χ3n) is 4.22. The molecule has 1 aromatic heterocycles. The number of benzene rings is 1. The molecule has 0 amide bonds. The molecule has 2 N–H and O–H groups in total. The van der Waals surface area contributed by atoms with E-state index < -0.39 is 10.0 Å². The van der Waals surface area contributed by atoms with Gasteiger partial charge in [0.15, 0.2) is 0 Å². The van der Waals surface area contributed by atoms with Gasteiger partial charge in [0.2, 0.25) is 0 Å². The van der Waals surface area contributed by atoms with E-state index >= 15 is 0 Å². The first-order valence-corrected chi connectivity index (χ1v) is 10.2. The van der Waals surface area contributed by atoms with Crippen molar-refractivity contribution in [2.24, 2.45) is 0 Å². The second-order valence-electron chi connectivity index (χ2n) is 5.68. The summed E-state index contributed by atoms with van der Waals surface area (Å²) in [6, 6.07) is 11.0. The van der Waals surface area contributed by atoms with E-state index in [1.807, 2.05) is 24.3 Å². The molecule has 0 radical (unpaired) electrons. The van der Waals surface area contributed by atoms with Crippen LogP contribution in [0.2, 0.25) is 0 Å². The Balaban J connectivity index is 1.66. The van der Waals surface area contributed by atoms with E-state index in [9.17, 15) is 8.42 Å². The molecule has 1 aliphatic heterocycles. The zero-order valence-corrected chi connectivity index (χ0v) is 14.8. The van der Waals surface area contributed by atoms with Gasteiger partial charge in [-0.2, -0.15) is 0 Å². The number of sulfonamides is 1. The van der Waals surface area contributed by atoms with Crippen LogP contribution >= 0.6 is 11.3 Å². The lowest BCUT2D eigenvalue weighted by Gasteiger charge is -2.33. The predicted molar refractivity (Wildman–Crippen MR) is 95.0 cm³/mol. The van der Waals surface area contributed by atoms with Crippen molar-refractivity contribution in [1.82, 2.24) is 0 Å². The van der Waals surface area contributed by atoms with Crippen LogP contribution in [0.4, 0.5) is 11.4 Å². The Kier molecular flexibility index (Phi) is 4.89. The van der Waals surface area contributed by atoms with Crippen LogP contribution < -0.4 is 14.5 Å². The molecule has 0 aliphatic carbocycles. The van der Waals surface area contributed by atoms with Crippen LogP contribution in [0.15, 0.2) is 46.0 Å². The Bertz CT molecular complexity index is 719. The summed E-state index contributed by atoms with van der Waals surface area (Å²) in [6.45, 7) is 7.80. The van der Waals surface area contributed by atoms with Crippen LogP contribution in [0.3, 0.4) is 0 Å². The number of nitrogens with zero attached hydrogens (tertiary/aromatic N) is 1. The fourth-order valence-corrected chi connectivity index (χ4v) is 4.85. The average Bonchev–Trinajstić information content (AvgIpc) is 3.11. The van der Waals surface area contributed by atoms with Crippen LogP contribution in [0, 0.1) is 0 Å². The number of piperazine rings is 1. The Morgan fingerprint density at radius 1 is 1.17 bits per heavy atom. The van der Waals surface area contributed by atoms with Crippen LogP contribution in [0.25, 0.3) is 0 Å². The molecule has 2 heterocycles. The lowest BCUT2D eigenvalue weighted by Crippen LogP contribution is -3.14. The number of likely N-dealkylation sites (N-methyl/N-ethyl adjacent to an activating group) is 1. The molecule has 0 saturated carbocycles. The molecule has 7 heteroatoms. The maximum atomic E-state index is 12.2. The quantitative estimate of drug-likeness (QED) is 0.852. The van der Waals surface area contributed by atoms with Crippen molar-refractivity contribution >= 4 is 32.7 Å². The second-order valence-corrected chi connectivity index (χ2v) is 8.53. The lowest BCUT2D eigenvalue weighted by molar-refractivity contribution is -0.898. The van der Waals surface area contributed by atoms with Gasteiger partial charge in [-0.1, -0.05) is 6.07 Å². The highest BCUT2D eigenvalue weighted by molar-refractivity contribution is 7.94. The number of rotatable bonds is 5. The molecule has 1 saturated heterocycles. The first-order valence-electron chi connectivity index (χ1n) is 7.83. The maximum Gasteiger partial charge on any atom is 0.271 e. The predicted octanol–water partition coefficient (Wildman–Crippen LogP) is 1.27. The van der Waals surface area contributed by atoms with Crippen molar-refractivity contribution in [1.29, 1.82) is 0 Å². The summed E-state index contributed by atoms with van der Waals surface area (Å²) >= 11 is 1.22. The van der Waals surface area contributed by atoms with Crippen molar-refractivity contribution in [3.05, 3.63) is 41.8 Å². The van der Waals surface area contributed by atoms with Gasteiger partial charge >= 0.3 is 0 Å². The number of thiophene rings is 1. The number of hydrogen-bond donors (Lipinski definition) is 2. The SMILES string of the molecule is CC[NH+]1CCN(c2ccc(NS(=O)(=O)c3cccs3)cc2)CC1. The molecule has 2 aromatic rings. The van der Waals surface area contributed by atoms with Crippen LogP contribution in [0.5, 0.6) is 0 Å². The average molecular weight is 353 g/mol. The number of nitrogens with one attached hydrogen (secondary N) is 2. The number of hydrogen-bond acceptors (Lipinski definition) is 4. The smallest absolute Gasteiger partial charge is 0.271 e. The van der Waals surface area contributed by atoms with Crippen molar-refractivity contribution in [3.63, 3.8) is 0 Å². The monoisotopic (exact) mass is 352 g/mol. The minimum Gasteiger partial charge on any atom is -0.360 e. The molecule has 3 rings (SSSR count). The van der Waals surface area contributed by atoms with Gasteiger partial charge in [0.05, 0.1) is 32.7 Å². The molecule has 1 aliphatic rings. The van der Waals surface area contributed by atoms with Gasteiger partial charge in [-0.05, 0) is 42.6 Å². The highest BCUT2D eigenvalue weighted by atomic mass is 32.2. The van der Waals surface area contributed by atoms with E-state index in [1.165, 1.54) is 17.9 Å². The molecule has 1 fully saturated rings. The van der Waals surface area contributed by atoms with Crippen molar-refractivity contribution in [3.8, 4) is 0 Å². The van der Waals surface area contributed by atoms with Gasteiger partial charge in [0, 0.05) is 11.4 Å². The number of quaternary nitrogens is 1. The summed E-state index contributed by atoms with van der Waals surface area (Å²) in [5.74, 6) is 0. The molecule has 0 bridgehead atoms. The molecule has 0 atom stereocenters. The van der Waals surface area contributed by atoms with Gasteiger partial charge in [0.1, 0.15) is 4.21 Å². The third kappa shape index (κ3) is 3.85. The van der Waals surface area contributed by atoms with Crippen LogP contribution in [-0.2, 0) is 10.0 Å². The van der Waals surface area contributed by atoms with E-state index in [0.717, 1.165) is 31.9 Å². The van der Waals surface area contributed by atoms with Gasteiger partial charge in [-0.3, -0.25) is 4.72 Å². The number of anilines is 2. The first-order chi connectivity index (χ1) is 11.1. The highest BCUT2D eigenvalue weighted by Crippen LogP contribution is 2.22. The minimum absolute atomic E-state index is 0.334.